The molecule has 112 valence electrons. The van der Waals surface area contributed by atoms with Crippen molar-refractivity contribution in [2.45, 2.75) is 64.5 Å². The molecule has 0 atom stereocenters. The van der Waals surface area contributed by atoms with E-state index in [-0.39, 0.29) is 5.41 Å². The lowest BCUT2D eigenvalue weighted by atomic mass is 9.94. The molecule has 2 rings (SSSR count). The SMILES string of the molecule is CN=C(NCc1ncc(C(C)(C)C)o1)NC1CCCC1. The Kier molecular flexibility index (Phi) is 4.68. The summed E-state index contributed by atoms with van der Waals surface area (Å²) in [4.78, 5) is 8.56. The van der Waals surface area contributed by atoms with Crippen LogP contribution in [0.2, 0.25) is 0 Å². The fraction of sp³-hybridized carbons (Fsp3) is 0.733. The first kappa shape index (κ1) is 14.9. The van der Waals surface area contributed by atoms with E-state index in [1.807, 2.05) is 6.20 Å². The molecule has 0 amide bonds. The molecular formula is C15H26N4O. The van der Waals surface area contributed by atoms with Crippen molar-refractivity contribution in [1.29, 1.82) is 0 Å². The van der Waals surface area contributed by atoms with Crippen LogP contribution in [0.3, 0.4) is 0 Å². The predicted octanol–water partition coefficient (Wildman–Crippen LogP) is 2.58. The molecule has 0 radical (unpaired) electrons. The molecule has 0 bridgehead atoms. The van der Waals surface area contributed by atoms with Crippen molar-refractivity contribution in [2.75, 3.05) is 7.05 Å². The Labute approximate surface area is 121 Å². The molecule has 0 aliphatic heterocycles. The standard InChI is InChI=1S/C15H26N4O/c1-15(2,3)12-9-17-13(20-12)10-18-14(16-4)19-11-7-5-6-8-11/h9,11H,5-8,10H2,1-4H3,(H2,16,18,19). The zero-order valence-corrected chi connectivity index (χ0v) is 13.0. The third kappa shape index (κ3) is 3.99. The summed E-state index contributed by atoms with van der Waals surface area (Å²) in [5.74, 6) is 2.43. The van der Waals surface area contributed by atoms with Crippen LogP contribution in [0.15, 0.2) is 15.6 Å². The van der Waals surface area contributed by atoms with Crippen molar-refractivity contribution in [3.8, 4) is 0 Å². The van der Waals surface area contributed by atoms with Crippen molar-refractivity contribution in [2.24, 2.45) is 4.99 Å². The van der Waals surface area contributed by atoms with Crippen LogP contribution >= 0.6 is 0 Å². The summed E-state index contributed by atoms with van der Waals surface area (Å²) in [5, 5.41) is 6.70. The normalized spacial score (nSPS) is 17.5. The highest BCUT2D eigenvalue weighted by molar-refractivity contribution is 5.79. The summed E-state index contributed by atoms with van der Waals surface area (Å²) in [6.07, 6.45) is 6.89. The predicted molar refractivity (Wildman–Crippen MR) is 80.8 cm³/mol. The van der Waals surface area contributed by atoms with Crippen LogP contribution in [-0.4, -0.2) is 24.0 Å². The molecule has 0 aromatic carbocycles. The van der Waals surface area contributed by atoms with E-state index >= 15 is 0 Å². The number of guanidine groups is 1. The number of nitrogens with one attached hydrogen (secondary N) is 2. The molecule has 1 aromatic heterocycles. The molecule has 0 unspecified atom stereocenters. The number of aromatic nitrogens is 1. The average molecular weight is 278 g/mol. The van der Waals surface area contributed by atoms with Crippen LogP contribution in [-0.2, 0) is 12.0 Å². The van der Waals surface area contributed by atoms with Crippen molar-refractivity contribution in [3.05, 3.63) is 17.8 Å². The van der Waals surface area contributed by atoms with Crippen LogP contribution in [0.1, 0.15) is 58.1 Å². The van der Waals surface area contributed by atoms with Gasteiger partial charge in [0.15, 0.2) is 5.96 Å². The van der Waals surface area contributed by atoms with Crippen LogP contribution in [0.5, 0.6) is 0 Å². The molecule has 20 heavy (non-hydrogen) atoms. The molecule has 5 heteroatoms. The second-order valence-electron chi connectivity index (χ2n) is 6.42. The zero-order valence-electron chi connectivity index (χ0n) is 13.0. The second kappa shape index (κ2) is 6.29. The van der Waals surface area contributed by atoms with Gasteiger partial charge in [0.25, 0.3) is 0 Å². The second-order valence-corrected chi connectivity index (χ2v) is 6.42. The molecule has 2 N–H and O–H groups in total. The van der Waals surface area contributed by atoms with Gasteiger partial charge in [0.05, 0.1) is 12.7 Å². The molecule has 0 spiro atoms. The van der Waals surface area contributed by atoms with Gasteiger partial charge in [-0.25, -0.2) is 4.98 Å². The molecule has 1 heterocycles. The number of rotatable bonds is 3. The third-order valence-electron chi connectivity index (χ3n) is 3.62. The van der Waals surface area contributed by atoms with Crippen LogP contribution in [0.25, 0.3) is 0 Å². The van der Waals surface area contributed by atoms with Gasteiger partial charge in [0.2, 0.25) is 5.89 Å². The fourth-order valence-corrected chi connectivity index (χ4v) is 2.36. The quantitative estimate of drug-likeness (QED) is 0.659. The van der Waals surface area contributed by atoms with Crippen molar-refractivity contribution in [1.82, 2.24) is 15.6 Å². The highest BCUT2D eigenvalue weighted by Crippen LogP contribution is 2.22. The van der Waals surface area contributed by atoms with E-state index in [4.69, 9.17) is 4.42 Å². The van der Waals surface area contributed by atoms with Gasteiger partial charge < -0.3 is 15.1 Å². The molecular weight excluding hydrogens is 252 g/mol. The Morgan fingerprint density at radius 3 is 2.65 bits per heavy atom. The van der Waals surface area contributed by atoms with Crippen LogP contribution < -0.4 is 10.6 Å². The van der Waals surface area contributed by atoms with Gasteiger partial charge in [-0.1, -0.05) is 33.6 Å². The van der Waals surface area contributed by atoms with Crippen LogP contribution in [0.4, 0.5) is 0 Å². The van der Waals surface area contributed by atoms with Gasteiger partial charge in [-0.2, -0.15) is 0 Å². The van der Waals surface area contributed by atoms with Gasteiger partial charge in [0.1, 0.15) is 5.76 Å². The smallest absolute Gasteiger partial charge is 0.213 e. The van der Waals surface area contributed by atoms with Crippen LogP contribution in [0, 0.1) is 0 Å². The minimum Gasteiger partial charge on any atom is -0.443 e. The molecule has 1 aromatic rings. The molecule has 1 fully saturated rings. The van der Waals surface area contributed by atoms with Crippen molar-refractivity contribution < 1.29 is 4.42 Å². The van der Waals surface area contributed by atoms with Crippen molar-refractivity contribution >= 4 is 5.96 Å². The van der Waals surface area contributed by atoms with Crippen molar-refractivity contribution in [3.63, 3.8) is 0 Å². The minimum atomic E-state index is -0.00494. The average Bonchev–Trinajstić information content (AvgIpc) is 3.04. The van der Waals surface area contributed by atoms with E-state index in [0.717, 1.165) is 11.7 Å². The molecule has 0 saturated heterocycles. The van der Waals surface area contributed by atoms with Gasteiger partial charge in [0, 0.05) is 18.5 Å². The van der Waals surface area contributed by atoms with E-state index in [0.29, 0.717) is 18.5 Å². The first-order valence-electron chi connectivity index (χ1n) is 7.41. The first-order valence-corrected chi connectivity index (χ1v) is 7.41. The van der Waals surface area contributed by atoms with Gasteiger partial charge >= 0.3 is 0 Å². The minimum absolute atomic E-state index is 0.00494. The fourth-order valence-electron chi connectivity index (χ4n) is 2.36. The molecule has 1 saturated carbocycles. The summed E-state index contributed by atoms with van der Waals surface area (Å²) in [5.41, 5.74) is -0.00494. The third-order valence-corrected chi connectivity index (χ3v) is 3.62. The zero-order chi connectivity index (χ0) is 14.6. The van der Waals surface area contributed by atoms with E-state index in [1.54, 1.807) is 7.05 Å². The van der Waals surface area contributed by atoms with E-state index in [1.165, 1.54) is 25.7 Å². The van der Waals surface area contributed by atoms with Gasteiger partial charge in [-0.15, -0.1) is 0 Å². The van der Waals surface area contributed by atoms with Gasteiger partial charge in [-0.05, 0) is 12.8 Å². The Bertz CT molecular complexity index is 453. The topological polar surface area (TPSA) is 62.5 Å². The Morgan fingerprint density at radius 1 is 1.40 bits per heavy atom. The lowest BCUT2D eigenvalue weighted by Gasteiger charge is -2.16. The maximum atomic E-state index is 5.76. The van der Waals surface area contributed by atoms with E-state index < -0.39 is 0 Å². The first-order chi connectivity index (χ1) is 9.49. The summed E-state index contributed by atoms with van der Waals surface area (Å²) < 4.78 is 5.76. The number of nitrogens with zero attached hydrogens (tertiary/aromatic N) is 2. The number of aliphatic imine (C=N–C) groups is 1. The largest absolute Gasteiger partial charge is 0.443 e. The summed E-state index contributed by atoms with van der Waals surface area (Å²) in [6, 6.07) is 0.552. The maximum Gasteiger partial charge on any atom is 0.213 e. The number of hydrogen-bond donors (Lipinski definition) is 2. The molecule has 1 aliphatic carbocycles. The summed E-state index contributed by atoms with van der Waals surface area (Å²) >= 11 is 0. The van der Waals surface area contributed by atoms with E-state index in [9.17, 15) is 0 Å². The number of oxazole rings is 1. The van der Waals surface area contributed by atoms with Gasteiger partial charge in [-0.3, -0.25) is 4.99 Å². The highest BCUT2D eigenvalue weighted by Gasteiger charge is 2.19. The Balaban J connectivity index is 1.85. The summed E-state index contributed by atoms with van der Waals surface area (Å²) in [7, 11) is 1.79. The lowest BCUT2D eigenvalue weighted by molar-refractivity contribution is 0.379. The summed E-state index contributed by atoms with van der Waals surface area (Å²) in [6.45, 7) is 6.91. The Morgan fingerprint density at radius 2 is 2.10 bits per heavy atom. The Hall–Kier alpha value is -1.52. The lowest BCUT2D eigenvalue weighted by Crippen LogP contribution is -2.41. The number of hydrogen-bond acceptors (Lipinski definition) is 3. The van der Waals surface area contributed by atoms with E-state index in [2.05, 4.69) is 41.4 Å². The monoisotopic (exact) mass is 278 g/mol. The maximum absolute atomic E-state index is 5.76. The molecule has 5 nitrogen and oxygen atoms in total. The highest BCUT2D eigenvalue weighted by atomic mass is 16.4. The molecule has 1 aliphatic rings.